The van der Waals surface area contributed by atoms with Crippen molar-refractivity contribution in [2.75, 3.05) is 13.2 Å². The van der Waals surface area contributed by atoms with E-state index >= 15 is 0 Å². The van der Waals surface area contributed by atoms with Crippen LogP contribution in [0.3, 0.4) is 0 Å². The Morgan fingerprint density at radius 1 is 0.317 bits per heavy atom. The predicted molar refractivity (Wildman–Crippen MR) is 270 cm³/mol. The van der Waals surface area contributed by atoms with E-state index in [0.717, 1.165) is 64.2 Å². The van der Waals surface area contributed by atoms with E-state index in [1.807, 2.05) is 0 Å². The minimum Gasteiger partial charge on any atom is -0.462 e. The summed E-state index contributed by atoms with van der Waals surface area (Å²) in [7, 11) is 0. The van der Waals surface area contributed by atoms with E-state index in [9.17, 15) is 14.4 Å². The summed E-state index contributed by atoms with van der Waals surface area (Å²) in [4.78, 5) is 38.0. The lowest BCUT2D eigenvalue weighted by molar-refractivity contribution is -0.167. The molecular weight excluding hydrogens is 781 g/mol. The highest BCUT2D eigenvalue weighted by molar-refractivity contribution is 5.71. The van der Waals surface area contributed by atoms with Crippen molar-refractivity contribution in [3.63, 3.8) is 0 Å². The zero-order chi connectivity index (χ0) is 45.8. The topological polar surface area (TPSA) is 78.9 Å². The first-order chi connectivity index (χ1) is 31.0. The summed E-state index contributed by atoms with van der Waals surface area (Å²) in [6, 6.07) is 0. The molecule has 6 heteroatoms. The zero-order valence-corrected chi connectivity index (χ0v) is 41.8. The van der Waals surface area contributed by atoms with Gasteiger partial charge in [-0.3, -0.25) is 14.4 Å². The van der Waals surface area contributed by atoms with Gasteiger partial charge < -0.3 is 14.2 Å². The second-order valence-corrected chi connectivity index (χ2v) is 18.2. The first kappa shape index (κ1) is 60.4. The van der Waals surface area contributed by atoms with Gasteiger partial charge in [-0.1, -0.05) is 249 Å². The van der Waals surface area contributed by atoms with Gasteiger partial charge in [-0.2, -0.15) is 0 Å². The summed E-state index contributed by atoms with van der Waals surface area (Å²) in [6.07, 6.45) is 62.4. The maximum absolute atomic E-state index is 12.8. The van der Waals surface area contributed by atoms with Gasteiger partial charge in [0.1, 0.15) is 13.2 Å². The number of unbranched alkanes of at least 4 members (excludes halogenated alkanes) is 30. The van der Waals surface area contributed by atoms with Crippen LogP contribution >= 0.6 is 0 Å². The number of hydrogen-bond acceptors (Lipinski definition) is 6. The van der Waals surface area contributed by atoms with Gasteiger partial charge in [-0.15, -0.1) is 0 Å². The van der Waals surface area contributed by atoms with Gasteiger partial charge in [0, 0.05) is 19.3 Å². The molecule has 0 aromatic heterocycles. The number of hydrogen-bond donors (Lipinski definition) is 0. The molecule has 0 aromatic carbocycles. The number of allylic oxidation sites excluding steroid dienone is 8. The molecule has 0 aliphatic rings. The van der Waals surface area contributed by atoms with Crippen molar-refractivity contribution >= 4 is 17.9 Å². The van der Waals surface area contributed by atoms with E-state index in [4.69, 9.17) is 14.2 Å². The van der Waals surface area contributed by atoms with Crippen LogP contribution in [0.2, 0.25) is 0 Å². The average Bonchev–Trinajstić information content (AvgIpc) is 3.28. The summed E-state index contributed by atoms with van der Waals surface area (Å²) in [5, 5.41) is 0. The molecule has 1 atom stereocenters. The van der Waals surface area contributed by atoms with Crippen molar-refractivity contribution in [1.29, 1.82) is 0 Å². The summed E-state index contributed by atoms with van der Waals surface area (Å²) in [5.74, 6) is -0.933. The summed E-state index contributed by atoms with van der Waals surface area (Å²) >= 11 is 0. The fourth-order valence-electron chi connectivity index (χ4n) is 7.73. The largest absolute Gasteiger partial charge is 0.462 e. The Morgan fingerprint density at radius 3 is 0.952 bits per heavy atom. The number of carbonyl (C=O) groups excluding carboxylic acids is 3. The summed E-state index contributed by atoms with van der Waals surface area (Å²) < 4.78 is 16.8. The Bertz CT molecular complexity index is 1110. The molecule has 6 nitrogen and oxygen atoms in total. The van der Waals surface area contributed by atoms with Gasteiger partial charge >= 0.3 is 17.9 Å². The molecule has 0 aliphatic heterocycles. The SMILES string of the molecule is CCCCC/C=C\C/C=C\C/C=C\C/C=C\CCCC(=O)OC[C@H](COC(=O)CCCCCCCCCCCCC)OC(=O)CCCCCCCCCCCCCCCCCCC. The minimum absolute atomic E-state index is 0.0862. The van der Waals surface area contributed by atoms with E-state index in [-0.39, 0.29) is 37.5 Å². The third-order valence-electron chi connectivity index (χ3n) is 11.8. The molecule has 0 saturated carbocycles. The fraction of sp³-hybridized carbons (Fsp3) is 0.807. The number of esters is 3. The molecule has 0 N–H and O–H groups in total. The quantitative estimate of drug-likeness (QED) is 0.0262. The third-order valence-corrected chi connectivity index (χ3v) is 11.8. The molecule has 0 bridgehead atoms. The molecule has 0 aromatic rings. The van der Waals surface area contributed by atoms with Crippen LogP contribution in [-0.4, -0.2) is 37.2 Å². The lowest BCUT2D eigenvalue weighted by Gasteiger charge is -2.18. The van der Waals surface area contributed by atoms with Crippen molar-refractivity contribution in [2.45, 2.75) is 284 Å². The van der Waals surface area contributed by atoms with E-state index < -0.39 is 6.10 Å². The van der Waals surface area contributed by atoms with Crippen LogP contribution in [0.15, 0.2) is 48.6 Å². The van der Waals surface area contributed by atoms with Crippen molar-refractivity contribution in [2.24, 2.45) is 0 Å². The lowest BCUT2D eigenvalue weighted by Crippen LogP contribution is -2.30. The average molecular weight is 883 g/mol. The maximum atomic E-state index is 12.8. The molecule has 0 saturated heterocycles. The van der Waals surface area contributed by atoms with Crippen molar-refractivity contribution in [1.82, 2.24) is 0 Å². The number of carbonyl (C=O) groups is 3. The molecule has 0 radical (unpaired) electrons. The van der Waals surface area contributed by atoms with Gasteiger partial charge in [-0.05, 0) is 57.8 Å². The van der Waals surface area contributed by atoms with E-state index in [1.54, 1.807) is 0 Å². The van der Waals surface area contributed by atoms with E-state index in [1.165, 1.54) is 167 Å². The molecule has 0 aliphatic carbocycles. The number of rotatable bonds is 49. The highest BCUT2D eigenvalue weighted by Gasteiger charge is 2.19. The van der Waals surface area contributed by atoms with Gasteiger partial charge in [-0.25, -0.2) is 0 Å². The van der Waals surface area contributed by atoms with Crippen LogP contribution in [0.25, 0.3) is 0 Å². The molecule has 0 amide bonds. The van der Waals surface area contributed by atoms with Crippen molar-refractivity contribution < 1.29 is 28.6 Å². The van der Waals surface area contributed by atoms with Crippen LogP contribution in [0, 0.1) is 0 Å². The zero-order valence-electron chi connectivity index (χ0n) is 41.8. The normalized spacial score (nSPS) is 12.4. The van der Waals surface area contributed by atoms with Crippen LogP contribution in [0.5, 0.6) is 0 Å². The van der Waals surface area contributed by atoms with E-state index in [0.29, 0.717) is 19.3 Å². The van der Waals surface area contributed by atoms with Crippen molar-refractivity contribution in [3.8, 4) is 0 Å². The smallest absolute Gasteiger partial charge is 0.306 e. The third kappa shape index (κ3) is 50.2. The van der Waals surface area contributed by atoms with Gasteiger partial charge in [0.25, 0.3) is 0 Å². The minimum atomic E-state index is -0.790. The highest BCUT2D eigenvalue weighted by atomic mass is 16.6. The lowest BCUT2D eigenvalue weighted by atomic mass is 10.0. The highest BCUT2D eigenvalue weighted by Crippen LogP contribution is 2.16. The number of ether oxygens (including phenoxy) is 3. The molecular formula is C57H102O6. The van der Waals surface area contributed by atoms with Crippen LogP contribution in [0.4, 0.5) is 0 Å². The Labute approximate surface area is 390 Å². The van der Waals surface area contributed by atoms with E-state index in [2.05, 4.69) is 69.4 Å². The van der Waals surface area contributed by atoms with Crippen molar-refractivity contribution in [3.05, 3.63) is 48.6 Å². The molecule has 0 rings (SSSR count). The Morgan fingerprint density at radius 2 is 0.587 bits per heavy atom. The predicted octanol–water partition coefficient (Wildman–Crippen LogP) is 17.9. The summed E-state index contributed by atoms with van der Waals surface area (Å²) in [5.41, 5.74) is 0. The molecule has 0 unspecified atom stereocenters. The second kappa shape index (κ2) is 52.0. The van der Waals surface area contributed by atoms with Gasteiger partial charge in [0.2, 0.25) is 0 Å². The van der Waals surface area contributed by atoms with Crippen LogP contribution in [-0.2, 0) is 28.6 Å². The monoisotopic (exact) mass is 883 g/mol. The Balaban J connectivity index is 4.40. The molecule has 63 heavy (non-hydrogen) atoms. The maximum Gasteiger partial charge on any atom is 0.306 e. The van der Waals surface area contributed by atoms with Crippen LogP contribution < -0.4 is 0 Å². The fourth-order valence-corrected chi connectivity index (χ4v) is 7.73. The Kier molecular flexibility index (Phi) is 49.8. The molecule has 0 heterocycles. The van der Waals surface area contributed by atoms with Gasteiger partial charge in [0.15, 0.2) is 6.10 Å². The first-order valence-corrected chi connectivity index (χ1v) is 27.1. The molecule has 0 spiro atoms. The Hall–Kier alpha value is -2.63. The standard InChI is InChI=1S/C57H102O6/c1-4-7-10-13-16-19-22-24-26-28-30-32-35-38-41-44-47-50-56(59)62-53-54(52-61-55(58)49-46-43-40-37-34-21-18-15-12-9-6-3)63-57(60)51-48-45-42-39-36-33-31-29-27-25-23-20-17-14-11-8-5-2/h16,19,24,26,30,32,38,41,54H,4-15,17-18,20-23,25,27-29,31,33-37,39-40,42-53H2,1-3H3/b19-16-,26-24-,32-30-,41-38-/t54-/m0/s1. The second-order valence-electron chi connectivity index (χ2n) is 18.2. The summed E-state index contributed by atoms with van der Waals surface area (Å²) in [6.45, 7) is 6.58. The first-order valence-electron chi connectivity index (χ1n) is 27.1. The molecule has 366 valence electrons. The van der Waals surface area contributed by atoms with Crippen LogP contribution in [0.1, 0.15) is 278 Å². The van der Waals surface area contributed by atoms with Gasteiger partial charge in [0.05, 0.1) is 0 Å². The molecule has 0 fully saturated rings.